The van der Waals surface area contributed by atoms with Gasteiger partial charge in [-0.25, -0.2) is 4.79 Å². The number of carbonyl (C=O) groups is 1. The summed E-state index contributed by atoms with van der Waals surface area (Å²) in [4.78, 5) is 13.4. The molecule has 94 valence electrons. The molecule has 0 aliphatic carbocycles. The lowest BCUT2D eigenvalue weighted by Crippen LogP contribution is -2.54. The van der Waals surface area contributed by atoms with Crippen molar-refractivity contribution in [2.45, 2.75) is 45.4 Å². The number of nitrogens with zero attached hydrogens (tertiary/aromatic N) is 1. The van der Waals surface area contributed by atoms with E-state index in [0.717, 1.165) is 0 Å². The van der Waals surface area contributed by atoms with Crippen molar-refractivity contribution in [1.29, 1.82) is 0 Å². The number of carbonyl (C=O) groups excluding carboxylic acids is 1. The summed E-state index contributed by atoms with van der Waals surface area (Å²) >= 11 is 0. The third-order valence-corrected chi connectivity index (χ3v) is 2.15. The molecule has 1 unspecified atom stereocenters. The largest absolute Gasteiger partial charge is 0.444 e. The van der Waals surface area contributed by atoms with Crippen LogP contribution in [0.4, 0.5) is 4.79 Å². The molecule has 1 aliphatic heterocycles. The smallest absolute Gasteiger partial charge is 0.410 e. The number of amides is 1. The first-order valence-corrected chi connectivity index (χ1v) is 5.55. The second-order valence-corrected chi connectivity index (χ2v) is 5.17. The van der Waals surface area contributed by atoms with E-state index in [-0.39, 0.29) is 18.7 Å². The van der Waals surface area contributed by atoms with Crippen molar-refractivity contribution in [3.63, 3.8) is 0 Å². The lowest BCUT2D eigenvalue weighted by molar-refractivity contribution is -0.0780. The topological polar surface area (TPSA) is 59.0 Å². The Morgan fingerprint density at radius 3 is 2.44 bits per heavy atom. The molecule has 0 aromatic carbocycles. The molecule has 1 heterocycles. The van der Waals surface area contributed by atoms with Crippen LogP contribution >= 0.6 is 0 Å². The SMILES string of the molecule is CC(O)CN(C(=O)OC(C)(C)C)C1COC1. The van der Waals surface area contributed by atoms with Crippen molar-refractivity contribution >= 4 is 6.09 Å². The summed E-state index contributed by atoms with van der Waals surface area (Å²) in [5.41, 5.74) is -0.515. The number of aliphatic hydroxyl groups is 1. The molecule has 5 nitrogen and oxygen atoms in total. The van der Waals surface area contributed by atoms with Crippen LogP contribution in [0, 0.1) is 0 Å². The van der Waals surface area contributed by atoms with Crippen LogP contribution in [0.15, 0.2) is 0 Å². The second-order valence-electron chi connectivity index (χ2n) is 5.17. The quantitative estimate of drug-likeness (QED) is 0.787. The van der Waals surface area contributed by atoms with Gasteiger partial charge in [0, 0.05) is 0 Å². The summed E-state index contributed by atoms with van der Waals surface area (Å²) in [7, 11) is 0. The van der Waals surface area contributed by atoms with Crippen molar-refractivity contribution in [3.8, 4) is 0 Å². The van der Waals surface area contributed by atoms with Crippen LogP contribution in [0.3, 0.4) is 0 Å². The van der Waals surface area contributed by atoms with E-state index >= 15 is 0 Å². The molecule has 0 aromatic rings. The Bertz CT molecular complexity index is 243. The summed E-state index contributed by atoms with van der Waals surface area (Å²) in [6, 6.07) is 0.0319. The van der Waals surface area contributed by atoms with Gasteiger partial charge in [0.15, 0.2) is 0 Å². The van der Waals surface area contributed by atoms with Gasteiger partial charge in [0.1, 0.15) is 5.60 Å². The molecule has 1 atom stereocenters. The molecule has 1 aliphatic rings. The van der Waals surface area contributed by atoms with Gasteiger partial charge in [-0.15, -0.1) is 0 Å². The second kappa shape index (κ2) is 5.01. The molecule has 0 aromatic heterocycles. The van der Waals surface area contributed by atoms with Crippen molar-refractivity contribution in [3.05, 3.63) is 0 Å². The van der Waals surface area contributed by atoms with Gasteiger partial charge in [-0.3, -0.25) is 4.90 Å². The summed E-state index contributed by atoms with van der Waals surface area (Å²) in [6.45, 7) is 8.44. The van der Waals surface area contributed by atoms with E-state index in [1.54, 1.807) is 11.8 Å². The molecule has 1 saturated heterocycles. The highest BCUT2D eigenvalue weighted by Crippen LogP contribution is 2.16. The monoisotopic (exact) mass is 231 g/mol. The Hall–Kier alpha value is -0.810. The maximum Gasteiger partial charge on any atom is 0.410 e. The van der Waals surface area contributed by atoms with Gasteiger partial charge in [-0.1, -0.05) is 0 Å². The molecule has 0 bridgehead atoms. The van der Waals surface area contributed by atoms with E-state index in [0.29, 0.717) is 13.2 Å². The van der Waals surface area contributed by atoms with E-state index < -0.39 is 11.7 Å². The maximum atomic E-state index is 11.9. The number of hydrogen-bond acceptors (Lipinski definition) is 4. The molecule has 16 heavy (non-hydrogen) atoms. The van der Waals surface area contributed by atoms with Crippen LogP contribution in [0.25, 0.3) is 0 Å². The molecule has 1 N–H and O–H groups in total. The lowest BCUT2D eigenvalue weighted by Gasteiger charge is -2.38. The molecule has 1 rings (SSSR count). The minimum atomic E-state index is -0.562. The molecular formula is C11H21NO4. The predicted molar refractivity (Wildman–Crippen MR) is 59.2 cm³/mol. The van der Waals surface area contributed by atoms with Gasteiger partial charge in [0.25, 0.3) is 0 Å². The highest BCUT2D eigenvalue weighted by atomic mass is 16.6. The summed E-state index contributed by atoms with van der Waals surface area (Å²) in [5.74, 6) is 0. The molecule has 1 fully saturated rings. The third-order valence-electron chi connectivity index (χ3n) is 2.15. The van der Waals surface area contributed by atoms with E-state index in [2.05, 4.69) is 0 Å². The highest BCUT2D eigenvalue weighted by Gasteiger charge is 2.33. The van der Waals surface area contributed by atoms with E-state index in [4.69, 9.17) is 9.47 Å². The Morgan fingerprint density at radius 2 is 2.12 bits per heavy atom. The molecule has 0 saturated carbocycles. The lowest BCUT2D eigenvalue weighted by atomic mass is 10.2. The zero-order chi connectivity index (χ0) is 12.3. The average Bonchev–Trinajstić information content (AvgIpc) is 1.95. The van der Waals surface area contributed by atoms with Crippen LogP contribution in [0.1, 0.15) is 27.7 Å². The Labute approximate surface area is 96.3 Å². The number of rotatable bonds is 3. The van der Waals surface area contributed by atoms with Gasteiger partial charge in [-0.2, -0.15) is 0 Å². The molecule has 0 radical (unpaired) electrons. The minimum Gasteiger partial charge on any atom is -0.444 e. The maximum absolute atomic E-state index is 11.9. The van der Waals surface area contributed by atoms with E-state index in [1.165, 1.54) is 0 Å². The van der Waals surface area contributed by atoms with Crippen LogP contribution in [0.2, 0.25) is 0 Å². The first-order valence-electron chi connectivity index (χ1n) is 5.55. The Kier molecular flexibility index (Phi) is 4.15. The zero-order valence-corrected chi connectivity index (χ0v) is 10.4. The summed E-state index contributed by atoms with van der Waals surface area (Å²) in [6.07, 6.45) is -0.949. The van der Waals surface area contributed by atoms with Crippen LogP contribution < -0.4 is 0 Å². The highest BCUT2D eigenvalue weighted by molar-refractivity contribution is 5.68. The standard InChI is InChI=1S/C11H21NO4/c1-8(13)5-12(9-6-15-7-9)10(14)16-11(2,3)4/h8-9,13H,5-7H2,1-4H3. The van der Waals surface area contributed by atoms with Crippen molar-refractivity contribution in [2.75, 3.05) is 19.8 Å². The normalized spacial score (nSPS) is 18.8. The average molecular weight is 231 g/mol. The van der Waals surface area contributed by atoms with Crippen LogP contribution in [-0.2, 0) is 9.47 Å². The van der Waals surface area contributed by atoms with Gasteiger partial charge < -0.3 is 14.6 Å². The fourth-order valence-electron chi connectivity index (χ4n) is 1.38. The van der Waals surface area contributed by atoms with Gasteiger partial charge in [0.2, 0.25) is 0 Å². The first kappa shape index (κ1) is 13.3. The van der Waals surface area contributed by atoms with Crippen LogP contribution in [0.5, 0.6) is 0 Å². The third kappa shape index (κ3) is 3.98. The van der Waals surface area contributed by atoms with Gasteiger partial charge in [-0.05, 0) is 27.7 Å². The Balaban J connectivity index is 2.57. The van der Waals surface area contributed by atoms with E-state index in [9.17, 15) is 9.90 Å². The van der Waals surface area contributed by atoms with Crippen molar-refractivity contribution < 1.29 is 19.4 Å². The van der Waals surface area contributed by atoms with Crippen molar-refractivity contribution in [2.24, 2.45) is 0 Å². The fourth-order valence-corrected chi connectivity index (χ4v) is 1.38. The van der Waals surface area contributed by atoms with Crippen LogP contribution in [-0.4, -0.2) is 53.6 Å². The van der Waals surface area contributed by atoms with Gasteiger partial charge in [0.05, 0.1) is 31.9 Å². The van der Waals surface area contributed by atoms with Crippen molar-refractivity contribution in [1.82, 2.24) is 4.90 Å². The summed E-state index contributed by atoms with van der Waals surface area (Å²) < 4.78 is 10.3. The molecule has 5 heteroatoms. The molecule has 0 spiro atoms. The summed E-state index contributed by atoms with van der Waals surface area (Å²) in [5, 5.41) is 9.35. The van der Waals surface area contributed by atoms with Gasteiger partial charge >= 0.3 is 6.09 Å². The number of ether oxygens (including phenoxy) is 2. The number of aliphatic hydroxyl groups excluding tert-OH is 1. The zero-order valence-electron chi connectivity index (χ0n) is 10.4. The first-order chi connectivity index (χ1) is 7.29. The number of hydrogen-bond donors (Lipinski definition) is 1. The molecule has 1 amide bonds. The fraction of sp³-hybridized carbons (Fsp3) is 0.909. The van der Waals surface area contributed by atoms with E-state index in [1.807, 2.05) is 20.8 Å². The Morgan fingerprint density at radius 1 is 1.56 bits per heavy atom. The minimum absolute atomic E-state index is 0.0319. The molecular weight excluding hydrogens is 210 g/mol. The predicted octanol–water partition coefficient (Wildman–Crippen LogP) is 1.00.